The predicted octanol–water partition coefficient (Wildman–Crippen LogP) is 4.30. The van der Waals surface area contributed by atoms with Crippen molar-refractivity contribution in [2.75, 3.05) is 17.3 Å². The zero-order valence-electron chi connectivity index (χ0n) is 17.4. The molecule has 0 aliphatic carbocycles. The van der Waals surface area contributed by atoms with Gasteiger partial charge in [-0.3, -0.25) is 4.55 Å². The average molecular weight is 672 g/mol. The predicted molar refractivity (Wildman–Crippen MR) is 140 cm³/mol. The first-order valence-corrected chi connectivity index (χ1v) is 16.0. The number of benzene rings is 2. The largest absolute Gasteiger partial charge is 0.326 e. The Balaban J connectivity index is 1.84. The van der Waals surface area contributed by atoms with Crippen molar-refractivity contribution in [2.24, 2.45) is 0 Å². The Morgan fingerprint density at radius 2 is 1.85 bits per heavy atom. The van der Waals surface area contributed by atoms with Crippen LogP contribution in [0.25, 0.3) is 16.3 Å². The van der Waals surface area contributed by atoms with Crippen LogP contribution in [0.5, 0.6) is 0 Å². The first kappa shape index (κ1) is 26.0. The smallest absolute Gasteiger partial charge is 0.317 e. The molecule has 1 aliphatic heterocycles. The fourth-order valence-corrected chi connectivity index (χ4v) is 7.87. The molecule has 9 nitrogen and oxygen atoms in total. The maximum Gasteiger partial charge on any atom is 0.326 e. The molecule has 2 aromatic carbocycles. The van der Waals surface area contributed by atoms with Crippen molar-refractivity contribution in [3.63, 3.8) is 0 Å². The lowest BCUT2D eigenvalue weighted by Gasteiger charge is -2.19. The molecule has 0 bridgehead atoms. The van der Waals surface area contributed by atoms with E-state index in [9.17, 15) is 21.4 Å². The molecule has 0 saturated carbocycles. The van der Waals surface area contributed by atoms with Crippen molar-refractivity contribution in [1.29, 1.82) is 0 Å². The van der Waals surface area contributed by atoms with E-state index >= 15 is 0 Å². The van der Waals surface area contributed by atoms with Crippen LogP contribution in [-0.2, 0) is 30.4 Å². The number of rotatable bonds is 8. The average Bonchev–Trinajstić information content (AvgIpc) is 3.23. The molecule has 182 valence electrons. The highest BCUT2D eigenvalue weighted by atomic mass is 79.9. The summed E-state index contributed by atoms with van der Waals surface area (Å²) in [5.41, 5.74) is 3.65. The molecule has 4 rings (SSSR count). The molecular formula is C19H18Br2N3O6S4+. The molecule has 0 radical (unpaired) electrons. The molecule has 2 N–H and O–H groups in total. The number of thioether (sulfide) groups is 1. The van der Waals surface area contributed by atoms with Crippen LogP contribution < -0.4 is 14.9 Å². The summed E-state index contributed by atoms with van der Waals surface area (Å²) in [7, 11) is -8.32. The minimum atomic E-state index is -4.35. The highest BCUT2D eigenvalue weighted by Gasteiger charge is 2.32. The van der Waals surface area contributed by atoms with Gasteiger partial charge in [0.25, 0.3) is 10.9 Å². The number of thiazole rings is 1. The van der Waals surface area contributed by atoms with Crippen LogP contribution in [0.15, 0.2) is 55.3 Å². The highest BCUT2D eigenvalue weighted by molar-refractivity contribution is 9.10. The first-order valence-electron chi connectivity index (χ1n) is 9.63. The van der Waals surface area contributed by atoms with Gasteiger partial charge >= 0.3 is 20.2 Å². The quantitative estimate of drug-likeness (QED) is 0.205. The molecule has 3 aromatic rings. The summed E-state index contributed by atoms with van der Waals surface area (Å²) in [5.74, 6) is -1.11. The van der Waals surface area contributed by atoms with E-state index in [0.29, 0.717) is 27.8 Å². The second-order valence-electron chi connectivity index (χ2n) is 7.08. The van der Waals surface area contributed by atoms with Crippen molar-refractivity contribution >= 4 is 97.2 Å². The summed E-state index contributed by atoms with van der Waals surface area (Å²) in [5, 5.41) is 1.08. The molecule has 0 amide bonds. The van der Waals surface area contributed by atoms with Crippen molar-refractivity contribution in [3.05, 3.63) is 55.4 Å². The zero-order valence-corrected chi connectivity index (χ0v) is 23.9. The molecule has 0 fully saturated rings. The highest BCUT2D eigenvalue weighted by Crippen LogP contribution is 2.48. The normalized spacial score (nSPS) is 15.4. The Bertz CT molecular complexity index is 1510. The monoisotopic (exact) mass is 670 g/mol. The summed E-state index contributed by atoms with van der Waals surface area (Å²) in [4.78, 5) is 2.42. The Morgan fingerprint density at radius 1 is 1.15 bits per heavy atom. The number of nitrogens with one attached hydrogen (secondary N) is 1. The topological polar surface area (TPSA) is 117 Å². The van der Waals surface area contributed by atoms with Gasteiger partial charge in [-0.05, 0) is 30.3 Å². The molecule has 0 saturated heterocycles. The second kappa shape index (κ2) is 10.1. The maximum atomic E-state index is 12.6. The van der Waals surface area contributed by atoms with Gasteiger partial charge in [0, 0.05) is 26.5 Å². The van der Waals surface area contributed by atoms with E-state index in [-0.39, 0.29) is 0 Å². The van der Waals surface area contributed by atoms with Gasteiger partial charge < -0.3 is 4.90 Å². The van der Waals surface area contributed by atoms with Crippen molar-refractivity contribution < 1.29 is 30.2 Å². The fourth-order valence-electron chi connectivity index (χ4n) is 3.23. The molecule has 0 spiro atoms. The van der Waals surface area contributed by atoms with E-state index in [1.807, 2.05) is 24.3 Å². The number of hydrogen-bond donors (Lipinski definition) is 2. The lowest BCUT2D eigenvalue weighted by molar-refractivity contribution is -0.649. The van der Waals surface area contributed by atoms with Crippen molar-refractivity contribution in [2.45, 2.75) is 17.7 Å². The second-order valence-corrected chi connectivity index (χ2v) is 14.0. The molecule has 15 heteroatoms. The molecule has 34 heavy (non-hydrogen) atoms. The van der Waals surface area contributed by atoms with Crippen molar-refractivity contribution in [1.82, 2.24) is 5.48 Å². The van der Waals surface area contributed by atoms with E-state index in [0.717, 1.165) is 18.5 Å². The number of nitrogens with zero attached hydrogens (tertiary/aromatic N) is 2. The molecule has 0 atom stereocenters. The third-order valence-corrected chi connectivity index (χ3v) is 9.28. The fraction of sp³-hybridized carbons (Fsp3) is 0.211. The number of hydroxylamine groups is 1. The van der Waals surface area contributed by atoms with Gasteiger partial charge in [0.1, 0.15) is 4.70 Å². The van der Waals surface area contributed by atoms with E-state index in [1.54, 1.807) is 30.0 Å². The van der Waals surface area contributed by atoms with Gasteiger partial charge in [-0.1, -0.05) is 61.9 Å². The van der Waals surface area contributed by atoms with E-state index in [1.165, 1.54) is 27.7 Å². The van der Waals surface area contributed by atoms with E-state index in [2.05, 4.69) is 37.3 Å². The molecule has 0 unspecified atom stereocenters. The lowest BCUT2D eigenvalue weighted by atomic mass is 10.3. The number of halogens is 2. The van der Waals surface area contributed by atoms with Gasteiger partial charge in [-0.2, -0.15) is 31.2 Å². The summed E-state index contributed by atoms with van der Waals surface area (Å²) >= 11 is 9.49. The summed E-state index contributed by atoms with van der Waals surface area (Å²) in [6.07, 6.45) is 1.71. The van der Waals surface area contributed by atoms with Crippen LogP contribution in [0.1, 0.15) is 11.9 Å². The Morgan fingerprint density at radius 3 is 2.56 bits per heavy atom. The maximum absolute atomic E-state index is 12.6. The van der Waals surface area contributed by atoms with Crippen LogP contribution >= 0.6 is 55.0 Å². The first-order chi connectivity index (χ1) is 16.0. The zero-order chi connectivity index (χ0) is 24.7. The summed E-state index contributed by atoms with van der Waals surface area (Å²) in [6.45, 7) is 2.03. The Hall–Kier alpha value is -1.04. The van der Waals surface area contributed by atoms with Gasteiger partial charge in [0.15, 0.2) is 5.88 Å². The Labute approximate surface area is 221 Å². The van der Waals surface area contributed by atoms with Gasteiger partial charge in [0.2, 0.25) is 5.52 Å². The van der Waals surface area contributed by atoms with Gasteiger partial charge in [-0.25, -0.2) is 0 Å². The SMILES string of the molecule is CCNOS(=O)(=O)CN1C(=Cc2sc3ccc(Br)cc3[n+]2CS(=O)(=O)O)Sc2ccc(Br)cc21. The summed E-state index contributed by atoms with van der Waals surface area (Å²) < 4.78 is 66.9. The van der Waals surface area contributed by atoms with Crippen LogP contribution in [-0.4, -0.2) is 33.8 Å². The number of aromatic nitrogens is 1. The summed E-state index contributed by atoms with van der Waals surface area (Å²) in [6, 6.07) is 11.0. The van der Waals surface area contributed by atoms with E-state index in [4.69, 9.17) is 4.28 Å². The number of fused-ring (bicyclic) bond motifs is 2. The number of anilines is 1. The molecular weight excluding hydrogens is 654 g/mol. The van der Waals surface area contributed by atoms with Crippen LogP contribution in [0, 0.1) is 0 Å². The van der Waals surface area contributed by atoms with Crippen LogP contribution in [0.3, 0.4) is 0 Å². The Kier molecular flexibility index (Phi) is 7.77. The minimum Gasteiger partial charge on any atom is -0.317 e. The standard InChI is InChI=1S/C19H17Br2N3O6S4/c1-2-22-30-34(28,29)11-24-15-8-13(21)4-6-17(15)32-19(24)9-18-23(10-33(25,26)27)14-7-12(20)3-5-16(14)31-18/h3-9,22H,2,10-11H2,1H3/p+1. The number of hydrogen-bond acceptors (Lipinski definition) is 9. The molecule has 2 heterocycles. The van der Waals surface area contributed by atoms with Crippen LogP contribution in [0.4, 0.5) is 5.69 Å². The van der Waals surface area contributed by atoms with Gasteiger partial charge in [-0.15, -0.1) is 0 Å². The molecule has 1 aliphatic rings. The third kappa shape index (κ3) is 6.02. The molecule has 1 aromatic heterocycles. The van der Waals surface area contributed by atoms with E-state index < -0.39 is 32.0 Å². The van der Waals surface area contributed by atoms with Crippen molar-refractivity contribution in [3.8, 4) is 0 Å². The van der Waals surface area contributed by atoms with Crippen LogP contribution in [0.2, 0.25) is 0 Å². The third-order valence-electron chi connectivity index (χ3n) is 4.54. The minimum absolute atomic E-state index is 0.311. The lowest BCUT2D eigenvalue weighted by Crippen LogP contribution is -2.39. The van der Waals surface area contributed by atoms with Gasteiger partial charge in [0.05, 0.1) is 16.8 Å².